The lowest BCUT2D eigenvalue weighted by molar-refractivity contribution is 0.0363. The minimum Gasteiger partial charge on any atom is -0.497 e. The van der Waals surface area contributed by atoms with E-state index in [0.29, 0.717) is 6.54 Å². The molecule has 2 aromatic rings. The molecule has 0 atom stereocenters. The molecule has 1 saturated heterocycles. The molecule has 5 nitrogen and oxygen atoms in total. The lowest BCUT2D eigenvalue weighted by atomic mass is 10.1. The molecule has 5 heteroatoms. The third-order valence-electron chi connectivity index (χ3n) is 3.94. The molecule has 2 heterocycles. The molecule has 0 spiro atoms. The van der Waals surface area contributed by atoms with Gasteiger partial charge in [0.15, 0.2) is 0 Å². The molecule has 0 bridgehead atoms. The van der Waals surface area contributed by atoms with Gasteiger partial charge in [0, 0.05) is 37.8 Å². The molecule has 1 aromatic carbocycles. The van der Waals surface area contributed by atoms with Crippen molar-refractivity contribution in [3.63, 3.8) is 0 Å². The summed E-state index contributed by atoms with van der Waals surface area (Å²) in [6.45, 7) is 5.05. The first-order valence-electron chi connectivity index (χ1n) is 7.25. The van der Waals surface area contributed by atoms with Crippen molar-refractivity contribution in [2.45, 2.75) is 6.54 Å². The number of fused-ring (bicyclic) bond motifs is 1. The number of methoxy groups -OCH3 is 1. The van der Waals surface area contributed by atoms with E-state index in [1.165, 1.54) is 0 Å². The highest BCUT2D eigenvalue weighted by Gasteiger charge is 2.10. The van der Waals surface area contributed by atoms with Crippen molar-refractivity contribution in [2.75, 3.05) is 40.0 Å². The van der Waals surface area contributed by atoms with Gasteiger partial charge in [0.05, 0.1) is 20.3 Å². The van der Waals surface area contributed by atoms with Gasteiger partial charge in [-0.25, -0.2) is 0 Å². The first-order chi connectivity index (χ1) is 10.3. The van der Waals surface area contributed by atoms with Gasteiger partial charge in [0.25, 0.3) is 5.56 Å². The number of benzene rings is 1. The fourth-order valence-corrected chi connectivity index (χ4v) is 2.64. The number of morpholine rings is 1. The highest BCUT2D eigenvalue weighted by molar-refractivity contribution is 5.82. The largest absolute Gasteiger partial charge is 0.497 e. The summed E-state index contributed by atoms with van der Waals surface area (Å²) in [7, 11) is 1.63. The molecular weight excluding hydrogens is 268 g/mol. The van der Waals surface area contributed by atoms with Crippen LogP contribution in [0, 0.1) is 0 Å². The van der Waals surface area contributed by atoms with Crippen LogP contribution in [0.25, 0.3) is 10.8 Å². The molecule has 1 aliphatic heterocycles. The summed E-state index contributed by atoms with van der Waals surface area (Å²) < 4.78 is 12.3. The topological polar surface area (TPSA) is 43.7 Å². The van der Waals surface area contributed by atoms with Crippen molar-refractivity contribution in [3.8, 4) is 5.75 Å². The highest BCUT2D eigenvalue weighted by atomic mass is 16.5. The van der Waals surface area contributed by atoms with Gasteiger partial charge < -0.3 is 14.0 Å². The minimum absolute atomic E-state index is 0.0587. The number of aromatic nitrogens is 1. The first-order valence-corrected chi connectivity index (χ1v) is 7.25. The van der Waals surface area contributed by atoms with Gasteiger partial charge in [-0.3, -0.25) is 9.69 Å². The van der Waals surface area contributed by atoms with Crippen LogP contribution in [0.4, 0.5) is 0 Å². The maximum Gasteiger partial charge on any atom is 0.258 e. The standard InChI is InChI=1S/C16H20N2O3/c1-20-14-2-3-15-13(12-14)4-5-18(16(15)19)7-6-17-8-10-21-11-9-17/h2-5,12H,6-11H2,1H3. The Morgan fingerprint density at radius 3 is 2.76 bits per heavy atom. The lowest BCUT2D eigenvalue weighted by Crippen LogP contribution is -2.39. The van der Waals surface area contributed by atoms with Crippen molar-refractivity contribution in [3.05, 3.63) is 40.8 Å². The third-order valence-corrected chi connectivity index (χ3v) is 3.94. The van der Waals surface area contributed by atoms with Gasteiger partial charge in [-0.15, -0.1) is 0 Å². The maximum atomic E-state index is 12.5. The predicted octanol–water partition coefficient (Wildman–Crippen LogP) is 1.34. The number of rotatable bonds is 4. The SMILES string of the molecule is COc1ccc2c(=O)n(CCN3CCOCC3)ccc2c1. The second-order valence-corrected chi connectivity index (χ2v) is 5.22. The molecule has 112 valence electrons. The summed E-state index contributed by atoms with van der Waals surface area (Å²) >= 11 is 0. The first kappa shape index (κ1) is 14.1. The zero-order chi connectivity index (χ0) is 14.7. The van der Waals surface area contributed by atoms with Gasteiger partial charge >= 0.3 is 0 Å². The Morgan fingerprint density at radius 1 is 1.19 bits per heavy atom. The second kappa shape index (κ2) is 6.28. The normalized spacial score (nSPS) is 16.2. The van der Waals surface area contributed by atoms with Gasteiger partial charge in [0.1, 0.15) is 5.75 Å². The minimum atomic E-state index is 0.0587. The molecule has 0 saturated carbocycles. The average Bonchev–Trinajstić information content (AvgIpc) is 2.55. The van der Waals surface area contributed by atoms with Crippen molar-refractivity contribution >= 4 is 10.8 Å². The fourth-order valence-electron chi connectivity index (χ4n) is 2.64. The predicted molar refractivity (Wildman–Crippen MR) is 82.0 cm³/mol. The van der Waals surface area contributed by atoms with Crippen LogP contribution in [0.15, 0.2) is 35.3 Å². The van der Waals surface area contributed by atoms with Gasteiger partial charge in [-0.1, -0.05) is 0 Å². The molecular formula is C16H20N2O3. The highest BCUT2D eigenvalue weighted by Crippen LogP contribution is 2.17. The van der Waals surface area contributed by atoms with Crippen LogP contribution in [0.3, 0.4) is 0 Å². The van der Waals surface area contributed by atoms with E-state index in [9.17, 15) is 4.79 Å². The Morgan fingerprint density at radius 2 is 2.00 bits per heavy atom. The van der Waals surface area contributed by atoms with Crippen molar-refractivity contribution in [1.29, 1.82) is 0 Å². The van der Waals surface area contributed by atoms with E-state index in [4.69, 9.17) is 9.47 Å². The fraction of sp³-hybridized carbons (Fsp3) is 0.438. The van der Waals surface area contributed by atoms with Crippen LogP contribution in [0.2, 0.25) is 0 Å². The number of hydrogen-bond donors (Lipinski definition) is 0. The Bertz CT molecular complexity index is 675. The Balaban J connectivity index is 1.79. The van der Waals surface area contributed by atoms with Gasteiger partial charge in [-0.2, -0.15) is 0 Å². The van der Waals surface area contributed by atoms with Crippen LogP contribution < -0.4 is 10.3 Å². The van der Waals surface area contributed by atoms with Crippen LogP contribution in [-0.4, -0.2) is 49.4 Å². The summed E-state index contributed by atoms with van der Waals surface area (Å²) in [5, 5.41) is 1.65. The van der Waals surface area contributed by atoms with Crippen LogP contribution >= 0.6 is 0 Å². The lowest BCUT2D eigenvalue weighted by Gasteiger charge is -2.26. The summed E-state index contributed by atoms with van der Waals surface area (Å²) in [6.07, 6.45) is 1.87. The van der Waals surface area contributed by atoms with E-state index >= 15 is 0 Å². The van der Waals surface area contributed by atoms with Crippen molar-refractivity contribution in [1.82, 2.24) is 9.47 Å². The smallest absolute Gasteiger partial charge is 0.258 e. The van der Waals surface area contributed by atoms with Crippen molar-refractivity contribution in [2.24, 2.45) is 0 Å². The molecule has 0 N–H and O–H groups in total. The summed E-state index contributed by atoms with van der Waals surface area (Å²) in [6, 6.07) is 7.53. The summed E-state index contributed by atoms with van der Waals surface area (Å²) in [5.74, 6) is 0.771. The third kappa shape index (κ3) is 3.09. The molecule has 1 aliphatic rings. The molecule has 0 radical (unpaired) electrons. The van der Waals surface area contributed by atoms with E-state index in [0.717, 1.165) is 49.4 Å². The summed E-state index contributed by atoms with van der Waals surface area (Å²) in [4.78, 5) is 14.8. The van der Waals surface area contributed by atoms with E-state index in [1.54, 1.807) is 11.7 Å². The second-order valence-electron chi connectivity index (χ2n) is 5.22. The number of nitrogens with zero attached hydrogens (tertiary/aromatic N) is 2. The zero-order valence-electron chi connectivity index (χ0n) is 12.2. The Hall–Kier alpha value is -1.85. The monoisotopic (exact) mass is 288 g/mol. The van der Waals surface area contributed by atoms with E-state index in [-0.39, 0.29) is 5.56 Å². The molecule has 0 unspecified atom stereocenters. The maximum absolute atomic E-state index is 12.5. The van der Waals surface area contributed by atoms with Crippen LogP contribution in [0.1, 0.15) is 0 Å². The van der Waals surface area contributed by atoms with E-state index in [2.05, 4.69) is 4.90 Å². The van der Waals surface area contributed by atoms with E-state index in [1.807, 2.05) is 30.5 Å². The van der Waals surface area contributed by atoms with Crippen LogP contribution in [-0.2, 0) is 11.3 Å². The van der Waals surface area contributed by atoms with Crippen LogP contribution in [0.5, 0.6) is 5.75 Å². The molecule has 0 aliphatic carbocycles. The van der Waals surface area contributed by atoms with Crippen molar-refractivity contribution < 1.29 is 9.47 Å². The van der Waals surface area contributed by atoms with Gasteiger partial charge in [0.2, 0.25) is 0 Å². The number of pyridine rings is 1. The molecule has 3 rings (SSSR count). The molecule has 1 fully saturated rings. The van der Waals surface area contributed by atoms with Gasteiger partial charge in [-0.05, 0) is 29.7 Å². The van der Waals surface area contributed by atoms with E-state index < -0.39 is 0 Å². The quantitative estimate of drug-likeness (QED) is 0.851. The Labute approximate surface area is 123 Å². The number of ether oxygens (including phenoxy) is 2. The number of hydrogen-bond acceptors (Lipinski definition) is 4. The Kier molecular flexibility index (Phi) is 4.22. The average molecular weight is 288 g/mol. The molecule has 0 amide bonds. The zero-order valence-corrected chi connectivity index (χ0v) is 12.2. The molecule has 21 heavy (non-hydrogen) atoms. The summed E-state index contributed by atoms with van der Waals surface area (Å²) in [5.41, 5.74) is 0.0587. The molecule has 1 aromatic heterocycles.